The Kier molecular flexibility index (Phi) is 4.74. The van der Waals surface area contributed by atoms with Crippen LogP contribution in [0, 0.1) is 23.1 Å². The van der Waals surface area contributed by atoms with Crippen molar-refractivity contribution >= 4 is 16.6 Å². The lowest BCUT2D eigenvalue weighted by atomic mass is 9.87. The van der Waals surface area contributed by atoms with Crippen LogP contribution in [0.1, 0.15) is 30.2 Å². The SMILES string of the molecule is N#Cc1cc(N2CCC(C(O)c3ccc(F)cc3)CC2)c2ccccc2n1. The fourth-order valence-corrected chi connectivity index (χ4v) is 3.86. The lowest BCUT2D eigenvalue weighted by Gasteiger charge is -2.36. The number of nitriles is 1. The van der Waals surface area contributed by atoms with Gasteiger partial charge < -0.3 is 10.0 Å². The maximum Gasteiger partial charge on any atom is 0.143 e. The highest BCUT2D eigenvalue weighted by Crippen LogP contribution is 2.35. The van der Waals surface area contributed by atoms with Crippen molar-refractivity contribution in [2.45, 2.75) is 18.9 Å². The Morgan fingerprint density at radius 3 is 2.52 bits per heavy atom. The predicted octanol–water partition coefficient (Wildman–Crippen LogP) is 4.20. The van der Waals surface area contributed by atoms with Gasteiger partial charge in [0.05, 0.1) is 11.6 Å². The Balaban J connectivity index is 1.53. The zero-order chi connectivity index (χ0) is 18.8. The summed E-state index contributed by atoms with van der Waals surface area (Å²) in [6, 6.07) is 17.9. The van der Waals surface area contributed by atoms with Crippen LogP contribution in [-0.2, 0) is 0 Å². The monoisotopic (exact) mass is 361 g/mol. The largest absolute Gasteiger partial charge is 0.388 e. The van der Waals surface area contributed by atoms with Crippen LogP contribution in [0.3, 0.4) is 0 Å². The summed E-state index contributed by atoms with van der Waals surface area (Å²) in [5.74, 6) is -0.158. The summed E-state index contributed by atoms with van der Waals surface area (Å²) < 4.78 is 13.1. The van der Waals surface area contributed by atoms with E-state index >= 15 is 0 Å². The number of fused-ring (bicyclic) bond motifs is 1. The van der Waals surface area contributed by atoms with E-state index in [-0.39, 0.29) is 11.7 Å². The van der Waals surface area contributed by atoms with Crippen molar-refractivity contribution in [3.05, 3.63) is 71.7 Å². The second-order valence-corrected chi connectivity index (χ2v) is 6.98. The lowest BCUT2D eigenvalue weighted by Crippen LogP contribution is -2.35. The van der Waals surface area contributed by atoms with Crippen LogP contribution in [0.15, 0.2) is 54.6 Å². The predicted molar refractivity (Wildman–Crippen MR) is 103 cm³/mol. The van der Waals surface area contributed by atoms with Gasteiger partial charge in [-0.3, -0.25) is 0 Å². The Hall–Kier alpha value is -2.97. The molecule has 0 saturated carbocycles. The standard InChI is InChI=1S/C22H20FN3O/c23-17-7-5-15(6-8-17)22(27)16-9-11-26(12-10-16)21-13-18(14-24)25-20-4-2-1-3-19(20)21/h1-8,13,16,22,27H,9-12H2. The first kappa shape index (κ1) is 17.4. The normalized spacial score (nSPS) is 16.3. The maximum atomic E-state index is 13.1. The lowest BCUT2D eigenvalue weighted by molar-refractivity contribution is 0.0929. The van der Waals surface area contributed by atoms with Crippen molar-refractivity contribution in [1.29, 1.82) is 5.26 Å². The molecule has 4 nitrogen and oxygen atoms in total. The number of piperidine rings is 1. The van der Waals surface area contributed by atoms with Crippen molar-refractivity contribution in [3.8, 4) is 6.07 Å². The minimum absolute atomic E-state index is 0.134. The van der Waals surface area contributed by atoms with Crippen molar-refractivity contribution in [3.63, 3.8) is 0 Å². The number of hydrogen-bond acceptors (Lipinski definition) is 4. The van der Waals surface area contributed by atoms with Gasteiger partial charge in [-0.15, -0.1) is 0 Å². The molecule has 0 amide bonds. The van der Waals surface area contributed by atoms with Crippen LogP contribution < -0.4 is 4.90 Å². The van der Waals surface area contributed by atoms with E-state index in [9.17, 15) is 14.8 Å². The molecule has 1 unspecified atom stereocenters. The van der Waals surface area contributed by atoms with E-state index in [1.165, 1.54) is 12.1 Å². The summed E-state index contributed by atoms with van der Waals surface area (Å²) in [4.78, 5) is 6.64. The third kappa shape index (κ3) is 3.49. The highest BCUT2D eigenvalue weighted by molar-refractivity contribution is 5.92. The van der Waals surface area contributed by atoms with Crippen LogP contribution in [0.4, 0.5) is 10.1 Å². The summed E-state index contributed by atoms with van der Waals surface area (Å²) in [6.45, 7) is 1.59. The number of hydrogen-bond donors (Lipinski definition) is 1. The van der Waals surface area contributed by atoms with Gasteiger partial charge in [0.1, 0.15) is 17.6 Å². The molecule has 0 bridgehead atoms. The molecule has 1 aromatic heterocycles. The first-order valence-electron chi connectivity index (χ1n) is 9.14. The molecule has 0 spiro atoms. The van der Waals surface area contributed by atoms with Gasteiger partial charge in [0, 0.05) is 24.2 Å². The zero-order valence-corrected chi connectivity index (χ0v) is 14.8. The van der Waals surface area contributed by atoms with E-state index in [2.05, 4.69) is 16.0 Å². The van der Waals surface area contributed by atoms with Crippen molar-refractivity contribution in [2.24, 2.45) is 5.92 Å². The van der Waals surface area contributed by atoms with E-state index in [1.54, 1.807) is 12.1 Å². The number of aliphatic hydroxyl groups excluding tert-OH is 1. The van der Waals surface area contributed by atoms with Crippen LogP contribution in [0.2, 0.25) is 0 Å². The number of aliphatic hydroxyl groups is 1. The van der Waals surface area contributed by atoms with E-state index in [0.717, 1.165) is 48.1 Å². The summed E-state index contributed by atoms with van der Waals surface area (Å²) in [5, 5.41) is 21.0. The molecule has 2 aromatic carbocycles. The number of benzene rings is 2. The van der Waals surface area contributed by atoms with Gasteiger partial charge in [-0.05, 0) is 48.6 Å². The van der Waals surface area contributed by atoms with Gasteiger partial charge in [-0.1, -0.05) is 30.3 Å². The molecule has 27 heavy (non-hydrogen) atoms. The molecule has 1 atom stereocenters. The molecule has 4 rings (SSSR count). The quantitative estimate of drug-likeness (QED) is 0.760. The van der Waals surface area contributed by atoms with Gasteiger partial charge in [-0.25, -0.2) is 9.37 Å². The summed E-state index contributed by atoms with van der Waals surface area (Å²) in [7, 11) is 0. The molecule has 1 aliphatic heterocycles. The van der Waals surface area contributed by atoms with Gasteiger partial charge in [0.15, 0.2) is 0 Å². The minimum Gasteiger partial charge on any atom is -0.388 e. The molecule has 136 valence electrons. The molecule has 1 fully saturated rings. The molecule has 1 aliphatic rings. The van der Waals surface area contributed by atoms with Crippen LogP contribution >= 0.6 is 0 Å². The average molecular weight is 361 g/mol. The molecular weight excluding hydrogens is 341 g/mol. The van der Waals surface area contributed by atoms with E-state index in [0.29, 0.717) is 5.69 Å². The number of para-hydroxylation sites is 1. The number of anilines is 1. The van der Waals surface area contributed by atoms with Crippen molar-refractivity contribution < 1.29 is 9.50 Å². The van der Waals surface area contributed by atoms with Crippen molar-refractivity contribution in [2.75, 3.05) is 18.0 Å². The number of pyridine rings is 1. The van der Waals surface area contributed by atoms with E-state index < -0.39 is 6.10 Å². The Bertz CT molecular complexity index is 989. The second kappa shape index (κ2) is 7.34. The van der Waals surface area contributed by atoms with E-state index in [1.807, 2.05) is 30.3 Å². The molecule has 1 saturated heterocycles. The van der Waals surface area contributed by atoms with Crippen molar-refractivity contribution in [1.82, 2.24) is 4.98 Å². The summed E-state index contributed by atoms with van der Waals surface area (Å²) in [5.41, 5.74) is 3.01. The number of rotatable bonds is 3. The highest BCUT2D eigenvalue weighted by atomic mass is 19.1. The Morgan fingerprint density at radius 2 is 1.81 bits per heavy atom. The first-order valence-corrected chi connectivity index (χ1v) is 9.14. The molecule has 3 aromatic rings. The van der Waals surface area contributed by atoms with Crippen LogP contribution in [0.5, 0.6) is 0 Å². The molecule has 2 heterocycles. The van der Waals surface area contributed by atoms with Crippen LogP contribution in [0.25, 0.3) is 10.9 Å². The van der Waals surface area contributed by atoms with E-state index in [4.69, 9.17) is 0 Å². The molecular formula is C22H20FN3O. The average Bonchev–Trinajstić information content (AvgIpc) is 2.73. The second-order valence-electron chi connectivity index (χ2n) is 6.98. The first-order chi connectivity index (χ1) is 13.2. The van der Waals surface area contributed by atoms with Crippen LogP contribution in [-0.4, -0.2) is 23.2 Å². The third-order valence-corrected chi connectivity index (χ3v) is 5.35. The highest BCUT2D eigenvalue weighted by Gasteiger charge is 2.27. The molecule has 1 N–H and O–H groups in total. The topological polar surface area (TPSA) is 60.2 Å². The molecule has 0 aliphatic carbocycles. The number of aromatic nitrogens is 1. The molecule has 5 heteroatoms. The fourth-order valence-electron chi connectivity index (χ4n) is 3.86. The number of halogens is 1. The maximum absolute atomic E-state index is 13.1. The number of nitrogens with zero attached hydrogens (tertiary/aromatic N) is 3. The molecule has 0 radical (unpaired) electrons. The summed E-state index contributed by atoms with van der Waals surface area (Å²) >= 11 is 0. The van der Waals surface area contributed by atoms with Gasteiger partial charge in [0.2, 0.25) is 0 Å². The van der Waals surface area contributed by atoms with Gasteiger partial charge in [-0.2, -0.15) is 5.26 Å². The minimum atomic E-state index is -0.586. The third-order valence-electron chi connectivity index (χ3n) is 5.35. The zero-order valence-electron chi connectivity index (χ0n) is 14.8. The van der Waals surface area contributed by atoms with Gasteiger partial charge in [0.25, 0.3) is 0 Å². The summed E-state index contributed by atoms with van der Waals surface area (Å²) in [6.07, 6.45) is 1.07. The Labute approximate surface area is 157 Å². The fraction of sp³-hybridized carbons (Fsp3) is 0.273. The Morgan fingerprint density at radius 1 is 1.11 bits per heavy atom. The van der Waals surface area contributed by atoms with Gasteiger partial charge >= 0.3 is 0 Å². The smallest absolute Gasteiger partial charge is 0.143 e.